The number of piperazine rings is 1. The molecule has 3 aromatic carbocycles. The largest absolute Gasteiger partial charge is 0.497 e. The lowest BCUT2D eigenvalue weighted by Gasteiger charge is -2.35. The molecule has 1 saturated heterocycles. The van der Waals surface area contributed by atoms with E-state index in [-0.39, 0.29) is 0 Å². The first kappa shape index (κ1) is 21.2. The van der Waals surface area contributed by atoms with Crippen LogP contribution in [0.1, 0.15) is 6.92 Å². The Labute approximate surface area is 194 Å². The maximum absolute atomic E-state index is 5.29. The molecule has 1 aliphatic heterocycles. The molecule has 6 heteroatoms. The number of ether oxygens (including phenoxy) is 1. The number of rotatable bonds is 6. The smallest absolute Gasteiger partial charge is 0.227 e. The Hall–Kier alpha value is -3.64. The van der Waals surface area contributed by atoms with Gasteiger partial charge in [0.05, 0.1) is 12.6 Å². The zero-order valence-electron chi connectivity index (χ0n) is 19.2. The average molecular weight is 440 g/mol. The average Bonchev–Trinajstić information content (AvgIpc) is 2.89. The van der Waals surface area contributed by atoms with Crippen LogP contribution in [0.2, 0.25) is 0 Å². The van der Waals surface area contributed by atoms with Gasteiger partial charge in [-0.3, -0.25) is 0 Å². The molecule has 6 nitrogen and oxygen atoms in total. The standard InChI is InChI=1S/C27H29N5O/c1-3-31-15-17-32(18-16-31)23-11-9-22(10-12-23)29-27-28-19-21-5-4-6-25(26(21)30-27)20-7-13-24(33-2)14-8-20/h4-14,19H,3,15-18H2,1-2H3,(H,28,29,30). The number of likely N-dealkylation sites (N-methyl/N-ethyl adjacent to an activating group) is 1. The molecule has 5 rings (SSSR count). The second kappa shape index (κ2) is 9.46. The van der Waals surface area contributed by atoms with Crippen molar-refractivity contribution in [2.45, 2.75) is 6.92 Å². The van der Waals surface area contributed by atoms with E-state index < -0.39 is 0 Å². The zero-order chi connectivity index (χ0) is 22.6. The first-order chi connectivity index (χ1) is 16.2. The second-order valence-electron chi connectivity index (χ2n) is 8.26. The van der Waals surface area contributed by atoms with Crippen molar-refractivity contribution in [1.29, 1.82) is 0 Å². The number of hydrogen-bond acceptors (Lipinski definition) is 6. The third-order valence-corrected chi connectivity index (χ3v) is 6.32. The highest BCUT2D eigenvalue weighted by molar-refractivity contribution is 5.94. The third kappa shape index (κ3) is 4.61. The van der Waals surface area contributed by atoms with Gasteiger partial charge in [-0.05, 0) is 48.5 Å². The molecule has 0 amide bonds. The van der Waals surface area contributed by atoms with Crippen molar-refractivity contribution in [3.8, 4) is 16.9 Å². The van der Waals surface area contributed by atoms with Gasteiger partial charge in [0.25, 0.3) is 0 Å². The van der Waals surface area contributed by atoms with Crippen LogP contribution in [-0.4, -0.2) is 54.7 Å². The number of nitrogens with zero attached hydrogens (tertiary/aromatic N) is 4. The van der Waals surface area contributed by atoms with Gasteiger partial charge in [0.2, 0.25) is 5.95 Å². The fourth-order valence-corrected chi connectivity index (χ4v) is 4.33. The van der Waals surface area contributed by atoms with Gasteiger partial charge in [-0.25, -0.2) is 9.97 Å². The summed E-state index contributed by atoms with van der Waals surface area (Å²) in [6.07, 6.45) is 1.87. The fraction of sp³-hybridized carbons (Fsp3) is 0.259. The van der Waals surface area contributed by atoms with Gasteiger partial charge in [-0.15, -0.1) is 0 Å². The first-order valence-electron chi connectivity index (χ1n) is 11.5. The molecular formula is C27H29N5O. The van der Waals surface area contributed by atoms with Crippen LogP contribution in [0.25, 0.3) is 22.0 Å². The lowest BCUT2D eigenvalue weighted by atomic mass is 10.0. The Morgan fingerprint density at radius 1 is 0.909 bits per heavy atom. The summed E-state index contributed by atoms with van der Waals surface area (Å²) in [4.78, 5) is 14.3. The highest BCUT2D eigenvalue weighted by Crippen LogP contribution is 2.29. The van der Waals surface area contributed by atoms with E-state index in [2.05, 4.69) is 69.5 Å². The van der Waals surface area contributed by atoms with E-state index in [1.807, 2.05) is 30.5 Å². The number of anilines is 3. The van der Waals surface area contributed by atoms with Crippen LogP contribution in [0, 0.1) is 0 Å². The summed E-state index contributed by atoms with van der Waals surface area (Å²) in [5.74, 6) is 1.43. The number of benzene rings is 3. The lowest BCUT2D eigenvalue weighted by molar-refractivity contribution is 0.271. The van der Waals surface area contributed by atoms with Crippen molar-refractivity contribution in [3.63, 3.8) is 0 Å². The van der Waals surface area contributed by atoms with E-state index in [1.54, 1.807) is 7.11 Å². The van der Waals surface area contributed by atoms with Crippen LogP contribution in [0.15, 0.2) is 72.9 Å². The number of fused-ring (bicyclic) bond motifs is 1. The third-order valence-electron chi connectivity index (χ3n) is 6.32. The van der Waals surface area contributed by atoms with Crippen molar-refractivity contribution in [1.82, 2.24) is 14.9 Å². The highest BCUT2D eigenvalue weighted by Gasteiger charge is 2.15. The van der Waals surface area contributed by atoms with Crippen LogP contribution < -0.4 is 15.0 Å². The van der Waals surface area contributed by atoms with E-state index in [9.17, 15) is 0 Å². The molecule has 1 fully saturated rings. The van der Waals surface area contributed by atoms with Crippen molar-refractivity contribution in [3.05, 3.63) is 72.9 Å². The minimum atomic E-state index is 0.591. The van der Waals surface area contributed by atoms with Gasteiger partial charge in [0.15, 0.2) is 0 Å². The topological polar surface area (TPSA) is 53.5 Å². The molecule has 168 valence electrons. The van der Waals surface area contributed by atoms with E-state index in [4.69, 9.17) is 9.72 Å². The number of para-hydroxylation sites is 1. The molecule has 0 saturated carbocycles. The Balaban J connectivity index is 1.36. The summed E-state index contributed by atoms with van der Waals surface area (Å²) in [6, 6.07) is 22.8. The minimum Gasteiger partial charge on any atom is -0.497 e. The van der Waals surface area contributed by atoms with Crippen molar-refractivity contribution < 1.29 is 4.74 Å². The van der Waals surface area contributed by atoms with Gasteiger partial charge < -0.3 is 19.9 Å². The van der Waals surface area contributed by atoms with E-state index in [0.717, 1.165) is 66.2 Å². The Morgan fingerprint density at radius 2 is 1.67 bits per heavy atom. The van der Waals surface area contributed by atoms with Gasteiger partial charge in [0, 0.05) is 54.7 Å². The SMILES string of the molecule is CCN1CCN(c2ccc(Nc3ncc4cccc(-c5ccc(OC)cc5)c4n3)cc2)CC1. The highest BCUT2D eigenvalue weighted by atomic mass is 16.5. The van der Waals surface area contributed by atoms with Crippen LogP contribution in [0.5, 0.6) is 5.75 Å². The van der Waals surface area contributed by atoms with Crippen molar-refractivity contribution >= 4 is 28.2 Å². The van der Waals surface area contributed by atoms with Gasteiger partial charge >= 0.3 is 0 Å². The molecule has 0 atom stereocenters. The molecule has 0 unspecified atom stereocenters. The second-order valence-corrected chi connectivity index (χ2v) is 8.26. The predicted octanol–water partition coefficient (Wildman–Crippen LogP) is 5.19. The molecule has 0 radical (unpaired) electrons. The minimum absolute atomic E-state index is 0.591. The number of methoxy groups -OCH3 is 1. The summed E-state index contributed by atoms with van der Waals surface area (Å²) in [6.45, 7) is 7.74. The molecule has 2 heterocycles. The van der Waals surface area contributed by atoms with Gasteiger partial charge in [-0.1, -0.05) is 37.3 Å². The quantitative estimate of drug-likeness (QED) is 0.446. The van der Waals surface area contributed by atoms with Gasteiger partial charge in [-0.2, -0.15) is 0 Å². The lowest BCUT2D eigenvalue weighted by Crippen LogP contribution is -2.46. The molecule has 0 bridgehead atoms. The molecule has 0 spiro atoms. The monoisotopic (exact) mass is 439 g/mol. The summed E-state index contributed by atoms with van der Waals surface area (Å²) < 4.78 is 5.29. The van der Waals surface area contributed by atoms with E-state index >= 15 is 0 Å². The zero-order valence-corrected chi connectivity index (χ0v) is 19.2. The molecule has 0 aliphatic carbocycles. The normalized spacial score (nSPS) is 14.4. The van der Waals surface area contributed by atoms with Gasteiger partial charge in [0.1, 0.15) is 5.75 Å². The molecule has 1 aromatic heterocycles. The fourth-order valence-electron chi connectivity index (χ4n) is 4.33. The maximum atomic E-state index is 5.29. The van der Waals surface area contributed by atoms with Crippen LogP contribution in [-0.2, 0) is 0 Å². The van der Waals surface area contributed by atoms with Crippen molar-refractivity contribution in [2.24, 2.45) is 0 Å². The Kier molecular flexibility index (Phi) is 6.09. The van der Waals surface area contributed by atoms with Crippen LogP contribution >= 0.6 is 0 Å². The number of nitrogens with one attached hydrogen (secondary N) is 1. The molecule has 33 heavy (non-hydrogen) atoms. The number of aromatic nitrogens is 2. The van der Waals surface area contributed by atoms with Crippen molar-refractivity contribution in [2.75, 3.05) is 50.1 Å². The molecule has 4 aromatic rings. The summed E-state index contributed by atoms with van der Waals surface area (Å²) >= 11 is 0. The van der Waals surface area contributed by atoms with Crippen LogP contribution in [0.3, 0.4) is 0 Å². The summed E-state index contributed by atoms with van der Waals surface area (Å²) in [7, 11) is 1.68. The predicted molar refractivity (Wildman–Crippen MR) is 136 cm³/mol. The molecular weight excluding hydrogens is 410 g/mol. The van der Waals surface area contributed by atoms with Crippen LogP contribution in [0.4, 0.5) is 17.3 Å². The maximum Gasteiger partial charge on any atom is 0.227 e. The summed E-state index contributed by atoms with van der Waals surface area (Å²) in [5.41, 5.74) is 5.33. The van der Waals surface area contributed by atoms with E-state index in [0.29, 0.717) is 5.95 Å². The first-order valence-corrected chi connectivity index (χ1v) is 11.5. The molecule has 1 N–H and O–H groups in total. The van der Waals surface area contributed by atoms with E-state index in [1.165, 1.54) is 5.69 Å². The Morgan fingerprint density at radius 3 is 2.36 bits per heavy atom. The molecule has 1 aliphatic rings. The summed E-state index contributed by atoms with van der Waals surface area (Å²) in [5, 5.41) is 4.38. The Bertz CT molecular complexity index is 1220. The number of hydrogen-bond donors (Lipinski definition) is 1.